The zero-order valence-electron chi connectivity index (χ0n) is 19.5. The smallest absolute Gasteiger partial charge is 0.326 e. The Balaban J connectivity index is 3.03. The molecule has 1 aromatic heterocycles. The van der Waals surface area contributed by atoms with Crippen LogP contribution in [0.5, 0.6) is 0 Å². The van der Waals surface area contributed by atoms with Crippen molar-refractivity contribution in [3.05, 3.63) is 18.2 Å². The van der Waals surface area contributed by atoms with Crippen LogP contribution >= 0.6 is 0 Å². The Kier molecular flexibility index (Phi) is 10.3. The zero-order valence-corrected chi connectivity index (χ0v) is 19.5. The van der Waals surface area contributed by atoms with Crippen molar-refractivity contribution in [1.82, 2.24) is 25.9 Å². The summed E-state index contributed by atoms with van der Waals surface area (Å²) in [7, 11) is 0. The first-order chi connectivity index (χ1) is 14.8. The van der Waals surface area contributed by atoms with Gasteiger partial charge in [-0.1, -0.05) is 41.5 Å². The first-order valence-electron chi connectivity index (χ1n) is 10.7. The lowest BCUT2D eigenvalue weighted by atomic mass is 9.99. The van der Waals surface area contributed by atoms with Gasteiger partial charge in [0.15, 0.2) is 0 Å². The second-order valence-corrected chi connectivity index (χ2v) is 8.91. The number of aromatic nitrogens is 2. The number of hydrogen-bond acceptors (Lipinski definition) is 6. The van der Waals surface area contributed by atoms with Crippen molar-refractivity contribution in [1.29, 1.82) is 0 Å². The number of nitrogens with zero attached hydrogens (tertiary/aromatic N) is 1. The van der Waals surface area contributed by atoms with Crippen LogP contribution < -0.4 is 21.7 Å². The maximum absolute atomic E-state index is 13.1. The highest BCUT2D eigenvalue weighted by Crippen LogP contribution is 2.08. The van der Waals surface area contributed by atoms with Crippen LogP contribution in [0.2, 0.25) is 0 Å². The zero-order chi connectivity index (χ0) is 24.6. The Hall–Kier alpha value is -2.95. The first-order valence-corrected chi connectivity index (χ1v) is 10.7. The molecule has 0 aliphatic heterocycles. The van der Waals surface area contributed by atoms with Gasteiger partial charge < -0.3 is 31.8 Å². The van der Waals surface area contributed by atoms with Gasteiger partial charge in [0.05, 0.1) is 12.4 Å². The van der Waals surface area contributed by atoms with E-state index in [4.69, 9.17) is 5.73 Å². The maximum Gasteiger partial charge on any atom is 0.326 e. The highest BCUT2D eigenvalue weighted by atomic mass is 16.4. The molecule has 11 heteroatoms. The molecule has 3 amide bonds. The van der Waals surface area contributed by atoms with Crippen LogP contribution in [0.4, 0.5) is 0 Å². The van der Waals surface area contributed by atoms with Crippen LogP contribution in [0.3, 0.4) is 0 Å². The number of aliphatic carboxylic acids is 1. The number of carboxylic acid groups (broad SMARTS) is 1. The molecule has 4 atom stereocenters. The lowest BCUT2D eigenvalue weighted by Gasteiger charge is -2.28. The number of nitrogens with two attached hydrogens (primary N) is 1. The Bertz CT molecular complexity index is 778. The van der Waals surface area contributed by atoms with E-state index >= 15 is 0 Å². The van der Waals surface area contributed by atoms with E-state index in [-0.39, 0.29) is 24.2 Å². The summed E-state index contributed by atoms with van der Waals surface area (Å²) < 4.78 is 0. The summed E-state index contributed by atoms with van der Waals surface area (Å²) in [5, 5.41) is 17.1. The van der Waals surface area contributed by atoms with Gasteiger partial charge in [-0.3, -0.25) is 14.4 Å². The molecular weight excluding hydrogens is 416 g/mol. The normalized spacial score (nSPS) is 15.2. The predicted molar refractivity (Wildman–Crippen MR) is 118 cm³/mol. The van der Waals surface area contributed by atoms with Crippen molar-refractivity contribution >= 4 is 23.7 Å². The van der Waals surface area contributed by atoms with E-state index in [2.05, 4.69) is 25.9 Å². The second kappa shape index (κ2) is 12.2. The molecule has 7 N–H and O–H groups in total. The lowest BCUT2D eigenvalue weighted by Crippen LogP contribution is -2.59. The molecule has 11 nitrogen and oxygen atoms in total. The van der Waals surface area contributed by atoms with Crippen molar-refractivity contribution in [2.24, 2.45) is 23.5 Å². The molecule has 0 unspecified atom stereocenters. The molecular formula is C21H36N6O5. The van der Waals surface area contributed by atoms with Crippen molar-refractivity contribution in [2.45, 2.75) is 72.1 Å². The van der Waals surface area contributed by atoms with Gasteiger partial charge >= 0.3 is 5.97 Å². The van der Waals surface area contributed by atoms with Crippen LogP contribution in [0.15, 0.2) is 12.5 Å². The highest BCUT2D eigenvalue weighted by molar-refractivity contribution is 5.94. The number of imidazole rings is 1. The van der Waals surface area contributed by atoms with E-state index in [1.807, 2.05) is 0 Å². The molecule has 180 valence electrons. The molecule has 0 fully saturated rings. The Morgan fingerprint density at radius 3 is 1.91 bits per heavy atom. The molecule has 32 heavy (non-hydrogen) atoms. The fourth-order valence-corrected chi connectivity index (χ4v) is 2.94. The van der Waals surface area contributed by atoms with Gasteiger partial charge in [0.2, 0.25) is 17.7 Å². The molecule has 1 aromatic rings. The van der Waals surface area contributed by atoms with Gasteiger partial charge in [0.25, 0.3) is 0 Å². The van der Waals surface area contributed by atoms with Gasteiger partial charge in [-0.15, -0.1) is 0 Å². The van der Waals surface area contributed by atoms with Crippen LogP contribution in [0.25, 0.3) is 0 Å². The fraction of sp³-hybridized carbons (Fsp3) is 0.667. The minimum absolute atomic E-state index is 0.110. The molecule has 1 rings (SSSR count). The monoisotopic (exact) mass is 452 g/mol. The summed E-state index contributed by atoms with van der Waals surface area (Å²) in [4.78, 5) is 56.6. The number of H-pyrrole nitrogens is 1. The number of carboxylic acids is 1. The third-order valence-electron chi connectivity index (χ3n) is 5.11. The van der Waals surface area contributed by atoms with Gasteiger partial charge in [-0.2, -0.15) is 0 Å². The minimum Gasteiger partial charge on any atom is -0.480 e. The SMILES string of the molecule is CC(C)[C@H](N)C(=O)N[C@@H](Cc1cnc[nH]1)C(=O)N[C@H](C(=O)N[C@H](C(=O)O)C(C)C)C(C)C. The van der Waals surface area contributed by atoms with Crippen molar-refractivity contribution < 1.29 is 24.3 Å². The third kappa shape index (κ3) is 7.95. The Morgan fingerprint density at radius 1 is 0.906 bits per heavy atom. The van der Waals surface area contributed by atoms with E-state index in [0.717, 1.165) is 0 Å². The summed E-state index contributed by atoms with van der Waals surface area (Å²) in [5.41, 5.74) is 6.52. The van der Waals surface area contributed by atoms with E-state index < -0.39 is 47.9 Å². The third-order valence-corrected chi connectivity index (χ3v) is 5.11. The van der Waals surface area contributed by atoms with Gasteiger partial charge in [0.1, 0.15) is 18.1 Å². The number of amides is 3. The summed E-state index contributed by atoms with van der Waals surface area (Å²) in [6.45, 7) is 10.4. The van der Waals surface area contributed by atoms with Crippen LogP contribution in [0, 0.1) is 17.8 Å². The molecule has 0 aromatic carbocycles. The molecule has 0 radical (unpaired) electrons. The summed E-state index contributed by atoms with van der Waals surface area (Å²) in [6, 6.07) is -3.91. The fourth-order valence-electron chi connectivity index (χ4n) is 2.94. The van der Waals surface area contributed by atoms with E-state index in [0.29, 0.717) is 5.69 Å². The topological polar surface area (TPSA) is 179 Å². The van der Waals surface area contributed by atoms with Crippen molar-refractivity contribution in [3.63, 3.8) is 0 Å². The predicted octanol–water partition coefficient (Wildman–Crippen LogP) is -0.213. The molecule has 0 saturated heterocycles. The summed E-state index contributed by atoms with van der Waals surface area (Å²) in [5.74, 6) is -3.66. The minimum atomic E-state index is -1.16. The van der Waals surface area contributed by atoms with Crippen LogP contribution in [-0.2, 0) is 25.6 Å². The standard InChI is InChI=1S/C21H36N6O5/c1-10(2)15(22)19(29)25-14(7-13-8-23-9-24-13)18(28)26-16(11(3)4)20(30)27-17(12(5)6)21(31)32/h8-12,14-17H,7,22H2,1-6H3,(H,23,24)(H,25,29)(H,26,28)(H,27,30)(H,31,32)/t14-,15-,16-,17-/m0/s1. The lowest BCUT2D eigenvalue weighted by molar-refractivity contribution is -0.143. The van der Waals surface area contributed by atoms with E-state index in [1.54, 1.807) is 41.5 Å². The van der Waals surface area contributed by atoms with Gasteiger partial charge in [-0.05, 0) is 17.8 Å². The van der Waals surface area contributed by atoms with Crippen molar-refractivity contribution in [3.8, 4) is 0 Å². The maximum atomic E-state index is 13.1. The number of carbonyl (C=O) groups is 4. The summed E-state index contributed by atoms with van der Waals surface area (Å²) in [6.07, 6.45) is 3.09. The molecule has 0 spiro atoms. The molecule has 0 aliphatic carbocycles. The van der Waals surface area contributed by atoms with Crippen molar-refractivity contribution in [2.75, 3.05) is 0 Å². The Labute approximate surface area is 188 Å². The average Bonchev–Trinajstić information content (AvgIpc) is 3.20. The molecule has 1 heterocycles. The molecule has 0 bridgehead atoms. The molecule has 0 saturated carbocycles. The Morgan fingerprint density at radius 2 is 1.47 bits per heavy atom. The van der Waals surface area contributed by atoms with Gasteiger partial charge in [0, 0.05) is 18.3 Å². The molecule has 0 aliphatic rings. The first kappa shape index (κ1) is 27.1. The number of hydrogen-bond donors (Lipinski definition) is 6. The van der Waals surface area contributed by atoms with E-state index in [1.165, 1.54) is 12.5 Å². The number of aromatic amines is 1. The summed E-state index contributed by atoms with van der Waals surface area (Å²) >= 11 is 0. The van der Waals surface area contributed by atoms with Crippen LogP contribution in [-0.4, -0.2) is 62.9 Å². The van der Waals surface area contributed by atoms with Crippen LogP contribution in [0.1, 0.15) is 47.2 Å². The van der Waals surface area contributed by atoms with E-state index in [9.17, 15) is 24.3 Å². The van der Waals surface area contributed by atoms with Gasteiger partial charge in [-0.25, -0.2) is 9.78 Å². The number of nitrogens with one attached hydrogen (secondary N) is 4. The number of rotatable bonds is 12. The largest absolute Gasteiger partial charge is 0.480 e. The average molecular weight is 453 g/mol. The highest BCUT2D eigenvalue weighted by Gasteiger charge is 2.33. The quantitative estimate of drug-likeness (QED) is 0.254. The second-order valence-electron chi connectivity index (χ2n) is 8.91. The number of carbonyl (C=O) groups excluding carboxylic acids is 3.